The molecule has 0 spiro atoms. The number of rotatable bonds is 3. The predicted molar refractivity (Wildman–Crippen MR) is 73.1 cm³/mol. The molecular weight excluding hydrogens is 230 g/mol. The second-order valence-corrected chi connectivity index (χ2v) is 4.09. The topological polar surface area (TPSA) is 32.3 Å². The number of hydrogen-bond donors (Lipinski definition) is 2. The fourth-order valence-corrected chi connectivity index (χ4v) is 1.78. The number of phenolic OH excluding ortho intramolecular Hbond substituents is 1. The van der Waals surface area contributed by atoms with Gasteiger partial charge in [-0.3, -0.25) is 0 Å². The van der Waals surface area contributed by atoms with Gasteiger partial charge in [0, 0.05) is 6.54 Å². The molecular formula is C14H13NOS. The van der Waals surface area contributed by atoms with Crippen LogP contribution in [0.1, 0.15) is 11.1 Å². The minimum absolute atomic E-state index is 0.207. The summed E-state index contributed by atoms with van der Waals surface area (Å²) >= 11 is 5.24. The van der Waals surface area contributed by atoms with Crippen molar-refractivity contribution in [2.75, 3.05) is 0 Å². The quantitative estimate of drug-likeness (QED) is 0.813. The largest absolute Gasteiger partial charge is 0.507 e. The summed E-state index contributed by atoms with van der Waals surface area (Å²) in [6.45, 7) is 0.661. The van der Waals surface area contributed by atoms with Crippen molar-refractivity contribution < 1.29 is 5.11 Å². The van der Waals surface area contributed by atoms with Gasteiger partial charge < -0.3 is 10.4 Å². The van der Waals surface area contributed by atoms with Gasteiger partial charge in [0.05, 0.1) is 5.56 Å². The maximum absolute atomic E-state index is 9.65. The number of para-hydroxylation sites is 1. The molecule has 2 aromatic carbocycles. The van der Waals surface area contributed by atoms with Crippen molar-refractivity contribution in [1.29, 1.82) is 0 Å². The van der Waals surface area contributed by atoms with Crippen LogP contribution in [0, 0.1) is 0 Å². The highest BCUT2D eigenvalue weighted by Crippen LogP contribution is 2.15. The molecule has 2 N–H and O–H groups in total. The Bertz CT molecular complexity index is 511. The number of benzene rings is 2. The minimum atomic E-state index is 0.207. The number of aromatic hydroxyl groups is 1. The summed E-state index contributed by atoms with van der Waals surface area (Å²) in [7, 11) is 0. The third-order valence-electron chi connectivity index (χ3n) is 2.44. The van der Waals surface area contributed by atoms with Crippen molar-refractivity contribution in [3.8, 4) is 5.75 Å². The zero-order valence-corrected chi connectivity index (χ0v) is 10.1. The zero-order valence-electron chi connectivity index (χ0n) is 9.26. The Labute approximate surface area is 106 Å². The Morgan fingerprint density at radius 3 is 2.35 bits per heavy atom. The van der Waals surface area contributed by atoms with Gasteiger partial charge in [-0.05, 0) is 17.7 Å². The molecule has 2 rings (SSSR count). The first-order valence-electron chi connectivity index (χ1n) is 5.37. The van der Waals surface area contributed by atoms with Crippen molar-refractivity contribution in [3.05, 3.63) is 65.7 Å². The summed E-state index contributed by atoms with van der Waals surface area (Å²) in [4.78, 5) is 0.562. The Morgan fingerprint density at radius 1 is 1.00 bits per heavy atom. The second-order valence-electron chi connectivity index (χ2n) is 3.69. The molecule has 0 amide bonds. The molecule has 0 heterocycles. The van der Waals surface area contributed by atoms with Crippen LogP contribution < -0.4 is 5.32 Å². The number of hydrogen-bond acceptors (Lipinski definition) is 2. The van der Waals surface area contributed by atoms with E-state index >= 15 is 0 Å². The van der Waals surface area contributed by atoms with Gasteiger partial charge in [-0.25, -0.2) is 0 Å². The van der Waals surface area contributed by atoms with E-state index in [0.29, 0.717) is 17.1 Å². The first-order valence-corrected chi connectivity index (χ1v) is 5.78. The van der Waals surface area contributed by atoms with Gasteiger partial charge in [-0.1, -0.05) is 54.7 Å². The second kappa shape index (κ2) is 5.46. The third-order valence-corrected chi connectivity index (χ3v) is 2.81. The zero-order chi connectivity index (χ0) is 12.1. The standard InChI is InChI=1S/C14H13NOS/c16-13-9-5-4-8-12(13)14(17)15-10-11-6-2-1-3-7-11/h1-9,16H,10H2,(H,15,17). The third kappa shape index (κ3) is 3.04. The van der Waals surface area contributed by atoms with Crippen LogP contribution >= 0.6 is 12.2 Å². The summed E-state index contributed by atoms with van der Waals surface area (Å²) in [5.41, 5.74) is 1.82. The van der Waals surface area contributed by atoms with E-state index < -0.39 is 0 Å². The van der Waals surface area contributed by atoms with Crippen LogP contribution in [-0.2, 0) is 6.54 Å². The van der Waals surface area contributed by atoms with Gasteiger partial charge >= 0.3 is 0 Å². The molecule has 0 aliphatic carbocycles. The highest BCUT2D eigenvalue weighted by atomic mass is 32.1. The molecule has 0 aromatic heterocycles. The molecule has 2 aromatic rings. The molecule has 17 heavy (non-hydrogen) atoms. The van der Waals surface area contributed by atoms with Gasteiger partial charge in [-0.15, -0.1) is 0 Å². The van der Waals surface area contributed by atoms with E-state index in [1.165, 1.54) is 0 Å². The number of nitrogens with one attached hydrogen (secondary N) is 1. The van der Waals surface area contributed by atoms with E-state index in [0.717, 1.165) is 5.56 Å². The van der Waals surface area contributed by atoms with E-state index in [1.54, 1.807) is 18.2 Å². The van der Waals surface area contributed by atoms with Gasteiger partial charge in [0.15, 0.2) is 0 Å². The first kappa shape index (κ1) is 11.6. The molecule has 0 radical (unpaired) electrons. The Morgan fingerprint density at radius 2 is 1.65 bits per heavy atom. The fraction of sp³-hybridized carbons (Fsp3) is 0.0714. The van der Waals surface area contributed by atoms with E-state index in [-0.39, 0.29) is 5.75 Å². The maximum atomic E-state index is 9.65. The average Bonchev–Trinajstić information content (AvgIpc) is 2.38. The van der Waals surface area contributed by atoms with Crippen LogP contribution in [0.5, 0.6) is 5.75 Å². The van der Waals surface area contributed by atoms with E-state index in [4.69, 9.17) is 12.2 Å². The number of phenols is 1. The lowest BCUT2D eigenvalue weighted by molar-refractivity contribution is 0.474. The van der Waals surface area contributed by atoms with Gasteiger partial charge in [0.1, 0.15) is 10.7 Å². The van der Waals surface area contributed by atoms with Crippen LogP contribution in [0.25, 0.3) is 0 Å². The summed E-state index contributed by atoms with van der Waals surface area (Å²) in [6, 6.07) is 17.1. The molecule has 0 aliphatic rings. The van der Waals surface area contributed by atoms with Crippen LogP contribution in [-0.4, -0.2) is 10.1 Å². The molecule has 3 heteroatoms. The lowest BCUT2D eigenvalue weighted by Gasteiger charge is -2.09. The van der Waals surface area contributed by atoms with Crippen LogP contribution in [0.3, 0.4) is 0 Å². The normalized spacial score (nSPS) is 9.88. The Balaban J connectivity index is 2.01. The monoisotopic (exact) mass is 243 g/mol. The molecule has 0 saturated heterocycles. The lowest BCUT2D eigenvalue weighted by Crippen LogP contribution is -2.21. The van der Waals surface area contributed by atoms with Crippen molar-refractivity contribution in [2.24, 2.45) is 0 Å². The highest BCUT2D eigenvalue weighted by Gasteiger charge is 2.05. The fourth-order valence-electron chi connectivity index (χ4n) is 1.54. The van der Waals surface area contributed by atoms with E-state index in [1.807, 2.05) is 36.4 Å². The smallest absolute Gasteiger partial charge is 0.125 e. The molecule has 0 saturated carbocycles. The van der Waals surface area contributed by atoms with Gasteiger partial charge in [-0.2, -0.15) is 0 Å². The molecule has 0 atom stereocenters. The first-order chi connectivity index (χ1) is 8.27. The molecule has 86 valence electrons. The highest BCUT2D eigenvalue weighted by molar-refractivity contribution is 7.80. The Kier molecular flexibility index (Phi) is 3.73. The SMILES string of the molecule is Oc1ccccc1C(=S)NCc1ccccc1. The van der Waals surface area contributed by atoms with Crippen molar-refractivity contribution >= 4 is 17.2 Å². The molecule has 2 nitrogen and oxygen atoms in total. The Hall–Kier alpha value is -1.87. The lowest BCUT2D eigenvalue weighted by atomic mass is 10.2. The molecule has 0 fully saturated rings. The minimum Gasteiger partial charge on any atom is -0.507 e. The molecule has 0 unspecified atom stereocenters. The van der Waals surface area contributed by atoms with E-state index in [9.17, 15) is 5.11 Å². The molecule has 0 bridgehead atoms. The summed E-state index contributed by atoms with van der Waals surface area (Å²) < 4.78 is 0. The number of thiocarbonyl (C=S) groups is 1. The summed E-state index contributed by atoms with van der Waals surface area (Å²) in [6.07, 6.45) is 0. The van der Waals surface area contributed by atoms with Crippen LogP contribution in [0.15, 0.2) is 54.6 Å². The van der Waals surface area contributed by atoms with Crippen molar-refractivity contribution in [3.63, 3.8) is 0 Å². The molecule has 0 aliphatic heterocycles. The van der Waals surface area contributed by atoms with Crippen LogP contribution in [0.4, 0.5) is 0 Å². The predicted octanol–water partition coefficient (Wildman–Crippen LogP) is 2.86. The van der Waals surface area contributed by atoms with Gasteiger partial charge in [0.25, 0.3) is 0 Å². The summed E-state index contributed by atoms with van der Waals surface area (Å²) in [5.74, 6) is 0.207. The van der Waals surface area contributed by atoms with Crippen molar-refractivity contribution in [2.45, 2.75) is 6.54 Å². The van der Waals surface area contributed by atoms with Crippen LogP contribution in [0.2, 0.25) is 0 Å². The van der Waals surface area contributed by atoms with Gasteiger partial charge in [0.2, 0.25) is 0 Å². The summed E-state index contributed by atoms with van der Waals surface area (Å²) in [5, 5.41) is 12.8. The van der Waals surface area contributed by atoms with E-state index in [2.05, 4.69) is 5.32 Å². The maximum Gasteiger partial charge on any atom is 0.125 e. The van der Waals surface area contributed by atoms with Crippen molar-refractivity contribution in [1.82, 2.24) is 5.32 Å². The average molecular weight is 243 g/mol.